The second-order valence-corrected chi connectivity index (χ2v) is 17.3. The molecule has 0 spiro atoms. The number of aliphatic hydroxyl groups is 1. The molecule has 1 saturated heterocycles. The van der Waals surface area contributed by atoms with E-state index in [2.05, 4.69) is 15.4 Å². The second-order valence-electron chi connectivity index (χ2n) is 15.4. The number of hydrogen-bond acceptors (Lipinski definition) is 10. The van der Waals surface area contributed by atoms with Gasteiger partial charge in [-0.15, -0.1) is 0 Å². The van der Waals surface area contributed by atoms with E-state index in [-0.39, 0.29) is 45.3 Å². The Morgan fingerprint density at radius 1 is 1.08 bits per heavy atom. The van der Waals surface area contributed by atoms with Crippen molar-refractivity contribution in [3.8, 4) is 0 Å². The number of sulfonamides is 1. The number of hydrogen-bond donors (Lipinski definition) is 4. The van der Waals surface area contributed by atoms with Crippen LogP contribution in [0.1, 0.15) is 83.3 Å². The number of halogens is 1. The van der Waals surface area contributed by atoms with Gasteiger partial charge in [-0.25, -0.2) is 22.4 Å². The summed E-state index contributed by atoms with van der Waals surface area (Å²) in [6, 6.07) is 2.00. The summed E-state index contributed by atoms with van der Waals surface area (Å²) in [5, 5.41) is 15.4. The quantitative estimate of drug-likeness (QED) is 0.324. The molecular formula is C35H46FN5O10S. The molecule has 0 aromatic heterocycles. The number of rotatable bonds is 5. The van der Waals surface area contributed by atoms with E-state index >= 15 is 0 Å². The van der Waals surface area contributed by atoms with Gasteiger partial charge in [-0.2, -0.15) is 0 Å². The lowest BCUT2D eigenvalue weighted by atomic mass is 10.0. The maximum atomic E-state index is 14.4. The number of ether oxygens (including phenoxy) is 2. The molecule has 284 valence electrons. The van der Waals surface area contributed by atoms with E-state index in [1.165, 1.54) is 15.9 Å². The lowest BCUT2D eigenvalue weighted by Crippen LogP contribution is -2.58. The van der Waals surface area contributed by atoms with E-state index in [9.17, 15) is 41.9 Å². The summed E-state index contributed by atoms with van der Waals surface area (Å²) in [4.78, 5) is 70.8. The monoisotopic (exact) mass is 747 g/mol. The predicted molar refractivity (Wildman–Crippen MR) is 182 cm³/mol. The number of fused-ring (bicyclic) bond motifs is 3. The molecule has 6 rings (SSSR count). The highest BCUT2D eigenvalue weighted by Gasteiger charge is 2.62. The van der Waals surface area contributed by atoms with Crippen LogP contribution in [-0.2, 0) is 47.0 Å². The molecule has 3 heterocycles. The van der Waals surface area contributed by atoms with Crippen molar-refractivity contribution in [2.24, 2.45) is 5.92 Å². The number of carbonyl (C=O) groups is 5. The van der Waals surface area contributed by atoms with Crippen LogP contribution in [0.5, 0.6) is 0 Å². The van der Waals surface area contributed by atoms with Gasteiger partial charge in [0.05, 0.1) is 24.4 Å². The van der Waals surface area contributed by atoms with Gasteiger partial charge in [0, 0.05) is 24.4 Å². The van der Waals surface area contributed by atoms with Crippen LogP contribution in [0.2, 0.25) is 0 Å². The number of alkyl carbamates (subject to hydrolysis) is 1. The summed E-state index contributed by atoms with van der Waals surface area (Å²) in [5.74, 6) is -3.39. The molecule has 2 aliphatic carbocycles. The first-order valence-corrected chi connectivity index (χ1v) is 19.2. The van der Waals surface area contributed by atoms with Crippen LogP contribution in [0.25, 0.3) is 0 Å². The summed E-state index contributed by atoms with van der Waals surface area (Å²) in [6.45, 7) is 4.78. The van der Waals surface area contributed by atoms with Crippen molar-refractivity contribution in [3.05, 3.63) is 47.3 Å². The standard InChI is InChI=1S/C35H46FN5O10S/c1-34(2,3)51-32(46)37-27-14-11-22(42)9-5-4-8-21-16-35(21,31(45)39-52(48,49)24-12-13-24)38-29(43)28-15-23(18-41(28)30(27)44)50-33(47)40-17-20-7-6-10-26(36)25(20)19-40/h4,6-8,10,21-24,27-28,42H,5,9,11-19H2,1-3H3,(H,37,46)(H,38,43)(H,39,45)/b8-4-/t21-,22?,23+,27-,28-,35+/m0/s1. The smallest absolute Gasteiger partial charge is 0.410 e. The number of amides is 5. The van der Waals surface area contributed by atoms with E-state index in [0.717, 1.165) is 0 Å². The van der Waals surface area contributed by atoms with Gasteiger partial charge in [-0.05, 0) is 77.3 Å². The van der Waals surface area contributed by atoms with Gasteiger partial charge in [0.25, 0.3) is 5.91 Å². The van der Waals surface area contributed by atoms with Crippen molar-refractivity contribution >= 4 is 39.9 Å². The first-order valence-electron chi connectivity index (χ1n) is 17.7. The second kappa shape index (κ2) is 14.3. The molecular weight excluding hydrogens is 701 g/mol. The Kier molecular flexibility index (Phi) is 10.3. The molecule has 1 unspecified atom stereocenters. The van der Waals surface area contributed by atoms with Gasteiger partial charge in [0.2, 0.25) is 21.8 Å². The zero-order valence-corrected chi connectivity index (χ0v) is 30.2. The SMILES string of the molecule is CC(C)(C)OC(=O)N[C@H]1CCC(O)CC/C=C\[C@H]2C[C@@]2(C(=O)NS(=O)(=O)C2CC2)NC(=O)[C@@H]2C[C@@H](OC(=O)N3Cc4cccc(F)c4C3)CN2C1=O. The Morgan fingerprint density at radius 2 is 1.83 bits per heavy atom. The molecule has 15 nitrogen and oxygen atoms in total. The molecule has 3 fully saturated rings. The molecule has 6 atom stereocenters. The zero-order chi connectivity index (χ0) is 37.6. The number of allylic oxidation sites excluding steroid dienone is 1. The fraction of sp³-hybridized carbons (Fsp3) is 0.629. The third-order valence-electron chi connectivity index (χ3n) is 10.1. The van der Waals surface area contributed by atoms with Crippen molar-refractivity contribution in [2.75, 3.05) is 6.54 Å². The molecule has 17 heteroatoms. The molecule has 0 bridgehead atoms. The van der Waals surface area contributed by atoms with Crippen molar-refractivity contribution in [3.63, 3.8) is 0 Å². The predicted octanol–water partition coefficient (Wildman–Crippen LogP) is 2.12. The molecule has 0 radical (unpaired) electrons. The van der Waals surface area contributed by atoms with Crippen molar-refractivity contribution in [2.45, 2.75) is 126 Å². The minimum absolute atomic E-state index is 0.0101. The first-order chi connectivity index (χ1) is 24.5. The topological polar surface area (TPSA) is 201 Å². The fourth-order valence-electron chi connectivity index (χ4n) is 7.03. The molecule has 4 N–H and O–H groups in total. The molecule has 5 aliphatic rings. The highest BCUT2D eigenvalue weighted by Crippen LogP contribution is 2.46. The van der Waals surface area contributed by atoms with Gasteiger partial charge in [0.1, 0.15) is 35.1 Å². The Hall–Kier alpha value is -4.25. The summed E-state index contributed by atoms with van der Waals surface area (Å²) < 4.78 is 53.2. The van der Waals surface area contributed by atoms with Crippen molar-refractivity contribution in [1.29, 1.82) is 0 Å². The van der Waals surface area contributed by atoms with Gasteiger partial charge in [-0.1, -0.05) is 24.3 Å². The minimum Gasteiger partial charge on any atom is -0.444 e. The first kappa shape index (κ1) is 37.5. The van der Waals surface area contributed by atoms with Crippen LogP contribution in [0.3, 0.4) is 0 Å². The van der Waals surface area contributed by atoms with Gasteiger partial charge in [-0.3, -0.25) is 24.0 Å². The summed E-state index contributed by atoms with van der Waals surface area (Å²) >= 11 is 0. The van der Waals surface area contributed by atoms with Crippen molar-refractivity contribution in [1.82, 2.24) is 25.2 Å². The van der Waals surface area contributed by atoms with E-state index in [0.29, 0.717) is 36.8 Å². The Bertz CT molecular complexity index is 1760. The Balaban J connectivity index is 1.27. The third-order valence-corrected chi connectivity index (χ3v) is 11.9. The number of nitrogens with zero attached hydrogens (tertiary/aromatic N) is 2. The van der Waals surface area contributed by atoms with Crippen LogP contribution >= 0.6 is 0 Å². The van der Waals surface area contributed by atoms with Crippen LogP contribution in [0.15, 0.2) is 30.4 Å². The summed E-state index contributed by atoms with van der Waals surface area (Å²) in [7, 11) is -3.96. The molecule has 1 aromatic rings. The molecule has 1 aromatic carbocycles. The van der Waals surface area contributed by atoms with Crippen LogP contribution in [-0.4, -0.2) is 100 Å². The van der Waals surface area contributed by atoms with E-state index in [1.807, 2.05) is 0 Å². The average molecular weight is 748 g/mol. The van der Waals surface area contributed by atoms with Crippen LogP contribution < -0.4 is 15.4 Å². The molecule has 52 heavy (non-hydrogen) atoms. The molecule has 2 saturated carbocycles. The Labute approximate surface area is 301 Å². The number of carbonyl (C=O) groups excluding carboxylic acids is 5. The average Bonchev–Trinajstić information content (AvgIpc) is 3.94. The minimum atomic E-state index is -3.96. The number of nitrogens with one attached hydrogen (secondary N) is 3. The van der Waals surface area contributed by atoms with Gasteiger partial charge >= 0.3 is 12.2 Å². The number of aliphatic hydroxyl groups excluding tert-OH is 1. The maximum Gasteiger partial charge on any atom is 0.410 e. The molecule has 3 aliphatic heterocycles. The highest BCUT2D eigenvalue weighted by atomic mass is 32.2. The van der Waals surface area contributed by atoms with Gasteiger partial charge in [0.15, 0.2) is 0 Å². The lowest BCUT2D eigenvalue weighted by molar-refractivity contribution is -0.141. The lowest BCUT2D eigenvalue weighted by Gasteiger charge is -2.30. The summed E-state index contributed by atoms with van der Waals surface area (Å²) in [5.41, 5.74) is -1.53. The zero-order valence-electron chi connectivity index (χ0n) is 29.4. The third kappa shape index (κ3) is 8.35. The van der Waals surface area contributed by atoms with E-state index in [4.69, 9.17) is 9.47 Å². The normalized spacial score (nSPS) is 30.1. The molecule has 5 amide bonds. The maximum absolute atomic E-state index is 14.4. The van der Waals surface area contributed by atoms with Gasteiger partial charge < -0.3 is 30.1 Å². The van der Waals surface area contributed by atoms with E-state index < -0.39 is 92.3 Å². The highest BCUT2D eigenvalue weighted by molar-refractivity contribution is 7.91. The fourth-order valence-corrected chi connectivity index (χ4v) is 8.39. The van der Waals surface area contributed by atoms with Crippen molar-refractivity contribution < 1.29 is 51.4 Å². The number of benzene rings is 1. The van der Waals surface area contributed by atoms with E-state index in [1.54, 1.807) is 45.1 Å². The largest absolute Gasteiger partial charge is 0.444 e. The summed E-state index contributed by atoms with van der Waals surface area (Å²) in [6.07, 6.45) is 1.48. The van der Waals surface area contributed by atoms with Crippen LogP contribution in [0, 0.1) is 11.7 Å². The van der Waals surface area contributed by atoms with Crippen LogP contribution in [0.4, 0.5) is 14.0 Å². The Morgan fingerprint density at radius 3 is 2.52 bits per heavy atom.